The predicted octanol–water partition coefficient (Wildman–Crippen LogP) is 2.55. The lowest BCUT2D eigenvalue weighted by Crippen LogP contribution is -2.37. The fourth-order valence-electron chi connectivity index (χ4n) is 3.36. The molecule has 1 N–H and O–H groups in total. The van der Waals surface area contributed by atoms with Crippen LogP contribution >= 0.6 is 0 Å². The number of piperidine rings is 1. The van der Waals surface area contributed by atoms with Crippen molar-refractivity contribution in [1.29, 1.82) is 0 Å². The van der Waals surface area contributed by atoms with Gasteiger partial charge in [-0.1, -0.05) is 18.2 Å². The maximum absolute atomic E-state index is 12.6. The number of aliphatic carboxylic acids is 1. The van der Waals surface area contributed by atoms with Gasteiger partial charge in [0.05, 0.1) is 5.92 Å². The summed E-state index contributed by atoms with van der Waals surface area (Å²) in [6.07, 6.45) is 3.74. The van der Waals surface area contributed by atoms with Crippen LogP contribution in [0.25, 0.3) is 10.9 Å². The van der Waals surface area contributed by atoms with Gasteiger partial charge in [-0.3, -0.25) is 9.59 Å². The zero-order valence-electron chi connectivity index (χ0n) is 13.4. The number of Topliss-reactive ketones (excluding diaryl/α,β-unsaturated/α-hetero) is 1. The molecule has 23 heavy (non-hydrogen) atoms. The topological polar surface area (TPSA) is 62.5 Å². The zero-order chi connectivity index (χ0) is 16.4. The second-order valence-electron chi connectivity index (χ2n) is 6.30. The van der Waals surface area contributed by atoms with Crippen molar-refractivity contribution in [3.05, 3.63) is 36.0 Å². The second-order valence-corrected chi connectivity index (χ2v) is 6.30. The number of carbonyl (C=O) groups excluding carboxylic acids is 1. The quantitative estimate of drug-likeness (QED) is 0.862. The first-order chi connectivity index (χ1) is 11.1. The van der Waals surface area contributed by atoms with Gasteiger partial charge < -0.3 is 14.6 Å². The Morgan fingerprint density at radius 1 is 1.22 bits per heavy atom. The van der Waals surface area contributed by atoms with E-state index in [2.05, 4.69) is 4.90 Å². The molecule has 2 heterocycles. The van der Waals surface area contributed by atoms with Gasteiger partial charge in [0.15, 0.2) is 5.78 Å². The van der Waals surface area contributed by atoms with Gasteiger partial charge in [-0.15, -0.1) is 0 Å². The summed E-state index contributed by atoms with van der Waals surface area (Å²) in [4.78, 5) is 25.7. The first kappa shape index (κ1) is 15.7. The number of aromatic nitrogens is 1. The summed E-state index contributed by atoms with van der Waals surface area (Å²) in [7, 11) is 1.95. The maximum atomic E-state index is 12.6. The number of para-hydroxylation sites is 1. The molecule has 0 unspecified atom stereocenters. The van der Waals surface area contributed by atoms with Gasteiger partial charge in [-0.2, -0.15) is 0 Å². The minimum absolute atomic E-state index is 0.155. The number of nitrogens with zero attached hydrogens (tertiary/aromatic N) is 2. The molecule has 0 saturated carbocycles. The molecule has 3 rings (SSSR count). The molecule has 2 aromatic rings. The van der Waals surface area contributed by atoms with Crippen molar-refractivity contribution in [1.82, 2.24) is 9.47 Å². The Morgan fingerprint density at radius 3 is 2.61 bits per heavy atom. The first-order valence-electron chi connectivity index (χ1n) is 8.08. The predicted molar refractivity (Wildman–Crippen MR) is 88.7 cm³/mol. The van der Waals surface area contributed by atoms with Crippen molar-refractivity contribution in [2.75, 3.05) is 19.6 Å². The highest BCUT2D eigenvalue weighted by atomic mass is 16.4. The number of carboxylic acids is 1. The normalized spacial score (nSPS) is 16.7. The average Bonchev–Trinajstić information content (AvgIpc) is 2.90. The molecule has 0 bridgehead atoms. The van der Waals surface area contributed by atoms with E-state index in [1.165, 1.54) is 0 Å². The van der Waals surface area contributed by atoms with Gasteiger partial charge in [0.25, 0.3) is 0 Å². The number of hydrogen-bond donors (Lipinski definition) is 1. The molecule has 0 aliphatic carbocycles. The summed E-state index contributed by atoms with van der Waals surface area (Å²) in [5, 5.41) is 10.0. The minimum atomic E-state index is -0.698. The van der Waals surface area contributed by atoms with Crippen LogP contribution in [0, 0.1) is 5.92 Å². The Hall–Kier alpha value is -2.14. The van der Waals surface area contributed by atoms with Gasteiger partial charge in [-0.25, -0.2) is 0 Å². The average molecular weight is 314 g/mol. The molecule has 5 nitrogen and oxygen atoms in total. The van der Waals surface area contributed by atoms with Crippen molar-refractivity contribution >= 4 is 22.7 Å². The lowest BCUT2D eigenvalue weighted by molar-refractivity contribution is -0.143. The van der Waals surface area contributed by atoms with E-state index < -0.39 is 5.97 Å². The Balaban J connectivity index is 1.60. The first-order valence-corrected chi connectivity index (χ1v) is 8.08. The number of ketones is 1. The molecule has 1 saturated heterocycles. The highest BCUT2D eigenvalue weighted by Crippen LogP contribution is 2.22. The van der Waals surface area contributed by atoms with E-state index in [0.717, 1.165) is 29.6 Å². The molecule has 0 spiro atoms. The summed E-state index contributed by atoms with van der Waals surface area (Å²) in [5.74, 6) is -0.765. The summed E-state index contributed by atoms with van der Waals surface area (Å²) in [5.41, 5.74) is 1.85. The third-order valence-electron chi connectivity index (χ3n) is 4.79. The van der Waals surface area contributed by atoms with E-state index in [9.17, 15) is 9.59 Å². The number of benzene rings is 1. The van der Waals surface area contributed by atoms with Crippen LogP contribution in [-0.2, 0) is 11.8 Å². The molecule has 122 valence electrons. The SMILES string of the molecule is Cn1cc(C(=O)CCN2CCC(C(=O)O)CC2)c2ccccc21. The van der Waals surface area contributed by atoms with Gasteiger partial charge in [-0.05, 0) is 32.0 Å². The molecule has 0 atom stereocenters. The van der Waals surface area contributed by atoms with Crippen LogP contribution in [-0.4, -0.2) is 46.0 Å². The van der Waals surface area contributed by atoms with Gasteiger partial charge >= 0.3 is 5.97 Å². The second kappa shape index (κ2) is 6.54. The van der Waals surface area contributed by atoms with Crippen LogP contribution in [0.2, 0.25) is 0 Å². The molecule has 5 heteroatoms. The number of aryl methyl sites for hydroxylation is 1. The van der Waals surface area contributed by atoms with Crippen molar-refractivity contribution in [2.24, 2.45) is 13.0 Å². The van der Waals surface area contributed by atoms with Crippen molar-refractivity contribution in [3.8, 4) is 0 Å². The Labute approximate surface area is 135 Å². The van der Waals surface area contributed by atoms with Gasteiger partial charge in [0.1, 0.15) is 0 Å². The van der Waals surface area contributed by atoms with Crippen LogP contribution in [0.5, 0.6) is 0 Å². The summed E-state index contributed by atoms with van der Waals surface area (Å²) in [6, 6.07) is 7.93. The van der Waals surface area contributed by atoms with Gasteiger partial charge in [0.2, 0.25) is 0 Å². The van der Waals surface area contributed by atoms with Crippen molar-refractivity contribution in [2.45, 2.75) is 19.3 Å². The molecule has 0 amide bonds. The Morgan fingerprint density at radius 2 is 1.91 bits per heavy atom. The van der Waals surface area contributed by atoms with Crippen LogP contribution in [0.4, 0.5) is 0 Å². The fourth-order valence-corrected chi connectivity index (χ4v) is 3.36. The number of hydrogen-bond acceptors (Lipinski definition) is 3. The van der Waals surface area contributed by atoms with Crippen LogP contribution in [0.3, 0.4) is 0 Å². The number of carboxylic acid groups (broad SMARTS) is 1. The summed E-state index contributed by atoms with van der Waals surface area (Å²) < 4.78 is 1.99. The lowest BCUT2D eigenvalue weighted by atomic mass is 9.97. The molecule has 1 aromatic carbocycles. The third-order valence-corrected chi connectivity index (χ3v) is 4.79. The van der Waals surface area contributed by atoms with E-state index in [0.29, 0.717) is 25.8 Å². The highest BCUT2D eigenvalue weighted by Gasteiger charge is 2.24. The van der Waals surface area contributed by atoms with Gasteiger partial charge in [0, 0.05) is 42.7 Å². The molecule has 1 fully saturated rings. The van der Waals surface area contributed by atoms with E-state index >= 15 is 0 Å². The lowest BCUT2D eigenvalue weighted by Gasteiger charge is -2.29. The summed E-state index contributed by atoms with van der Waals surface area (Å²) >= 11 is 0. The molecule has 1 aliphatic heterocycles. The van der Waals surface area contributed by atoms with E-state index in [4.69, 9.17) is 5.11 Å². The van der Waals surface area contributed by atoms with E-state index in [1.807, 2.05) is 42.1 Å². The summed E-state index contributed by atoms with van der Waals surface area (Å²) in [6.45, 7) is 2.23. The zero-order valence-corrected chi connectivity index (χ0v) is 13.4. The molecule has 1 aromatic heterocycles. The highest BCUT2D eigenvalue weighted by molar-refractivity contribution is 6.08. The van der Waals surface area contributed by atoms with Crippen LogP contribution in [0.1, 0.15) is 29.6 Å². The molecule has 0 radical (unpaired) electrons. The number of carbonyl (C=O) groups is 2. The van der Waals surface area contributed by atoms with Crippen molar-refractivity contribution in [3.63, 3.8) is 0 Å². The van der Waals surface area contributed by atoms with Crippen LogP contribution in [0.15, 0.2) is 30.5 Å². The largest absolute Gasteiger partial charge is 0.481 e. The maximum Gasteiger partial charge on any atom is 0.306 e. The van der Waals surface area contributed by atoms with Crippen molar-refractivity contribution < 1.29 is 14.7 Å². The number of likely N-dealkylation sites (tertiary alicyclic amines) is 1. The monoisotopic (exact) mass is 314 g/mol. The minimum Gasteiger partial charge on any atom is -0.481 e. The standard InChI is InChI=1S/C18H22N2O3/c1-19-12-15(14-4-2-3-5-16(14)19)17(21)8-11-20-9-6-13(7-10-20)18(22)23/h2-5,12-13H,6-11H2,1H3,(H,22,23). The third kappa shape index (κ3) is 3.29. The molecule has 1 aliphatic rings. The van der Waals surface area contributed by atoms with E-state index in [1.54, 1.807) is 0 Å². The Kier molecular flexibility index (Phi) is 4.48. The number of rotatable bonds is 5. The Bertz CT molecular complexity index is 727. The van der Waals surface area contributed by atoms with Crippen LogP contribution < -0.4 is 0 Å². The smallest absolute Gasteiger partial charge is 0.306 e. The molecular weight excluding hydrogens is 292 g/mol. The fraction of sp³-hybridized carbons (Fsp3) is 0.444. The number of fused-ring (bicyclic) bond motifs is 1. The van der Waals surface area contributed by atoms with E-state index in [-0.39, 0.29) is 11.7 Å². The molecular formula is C18H22N2O3.